The molecule has 1 saturated carbocycles. The molecule has 0 heterocycles. The zero-order chi connectivity index (χ0) is 17.5. The van der Waals surface area contributed by atoms with Gasteiger partial charge in [0.05, 0.1) is 12.2 Å². The number of rotatable bonds is 10. The van der Waals surface area contributed by atoms with E-state index in [1.54, 1.807) is 5.57 Å². The summed E-state index contributed by atoms with van der Waals surface area (Å²) in [6.45, 7) is 3.27. The monoisotopic (exact) mass is 335 g/mol. The van der Waals surface area contributed by atoms with E-state index in [1.807, 2.05) is 6.08 Å². The van der Waals surface area contributed by atoms with Crippen molar-refractivity contribution in [2.75, 3.05) is 20.6 Å². The minimum absolute atomic E-state index is 0.226. The van der Waals surface area contributed by atoms with Crippen molar-refractivity contribution < 1.29 is 10.2 Å². The molecule has 138 valence electrons. The molecule has 0 aliphatic heterocycles. The number of hydrogen-bond donors (Lipinski definition) is 2. The fourth-order valence-corrected chi connectivity index (χ4v) is 4.40. The third-order valence-electron chi connectivity index (χ3n) is 5.69. The summed E-state index contributed by atoms with van der Waals surface area (Å²) in [5.74, 6) is 1.33. The first-order valence-corrected chi connectivity index (χ1v) is 9.90. The first-order chi connectivity index (χ1) is 11.5. The summed E-state index contributed by atoms with van der Waals surface area (Å²) in [5.41, 5.74) is 1.61. The number of unbranched alkanes of at least 4 members (excludes halogenated alkanes) is 2. The van der Waals surface area contributed by atoms with E-state index in [-0.39, 0.29) is 18.1 Å². The Labute approximate surface area is 148 Å². The molecule has 3 nitrogen and oxygen atoms in total. The highest BCUT2D eigenvalue weighted by Gasteiger charge is 2.43. The Morgan fingerprint density at radius 2 is 2.08 bits per heavy atom. The maximum atomic E-state index is 10.4. The second-order valence-electron chi connectivity index (χ2n) is 8.09. The lowest BCUT2D eigenvalue weighted by Crippen LogP contribution is -2.18. The zero-order valence-electron chi connectivity index (χ0n) is 15.8. The average Bonchev–Trinajstić information content (AvgIpc) is 3.01. The summed E-state index contributed by atoms with van der Waals surface area (Å²) in [6.07, 6.45) is 14.8. The molecule has 1 fully saturated rings. The maximum Gasteiger partial charge on any atom is 0.0720 e. The van der Waals surface area contributed by atoms with Crippen LogP contribution in [0.4, 0.5) is 0 Å². The molecule has 0 aromatic carbocycles. The molecule has 0 spiro atoms. The van der Waals surface area contributed by atoms with Gasteiger partial charge in [0.25, 0.3) is 0 Å². The molecule has 0 aromatic rings. The molecule has 0 unspecified atom stereocenters. The second kappa shape index (κ2) is 9.74. The van der Waals surface area contributed by atoms with Gasteiger partial charge in [0.1, 0.15) is 0 Å². The molecule has 5 atom stereocenters. The van der Waals surface area contributed by atoms with Crippen LogP contribution in [0.25, 0.3) is 0 Å². The van der Waals surface area contributed by atoms with E-state index in [9.17, 15) is 10.2 Å². The van der Waals surface area contributed by atoms with Gasteiger partial charge in [-0.1, -0.05) is 43.6 Å². The molecular formula is C21H37NO2. The summed E-state index contributed by atoms with van der Waals surface area (Å²) in [6, 6.07) is 0. The van der Waals surface area contributed by atoms with Crippen LogP contribution in [0.1, 0.15) is 58.3 Å². The van der Waals surface area contributed by atoms with Crippen LogP contribution in [0.5, 0.6) is 0 Å². The van der Waals surface area contributed by atoms with Gasteiger partial charge in [-0.25, -0.2) is 0 Å². The van der Waals surface area contributed by atoms with Gasteiger partial charge >= 0.3 is 0 Å². The van der Waals surface area contributed by atoms with Gasteiger partial charge in [-0.2, -0.15) is 0 Å². The fourth-order valence-electron chi connectivity index (χ4n) is 4.40. The molecule has 2 N–H and O–H groups in total. The SMILES string of the molecule is CCC[C@H](O)C=C[C@@H]1[C@H]2CC(CCCCCN(C)C)=C[C@H]2C[C@H]1O. The molecule has 24 heavy (non-hydrogen) atoms. The molecule has 0 radical (unpaired) electrons. The highest BCUT2D eigenvalue weighted by Crippen LogP contribution is 2.48. The Hall–Kier alpha value is -0.640. The van der Waals surface area contributed by atoms with Gasteiger partial charge in [0.2, 0.25) is 0 Å². The van der Waals surface area contributed by atoms with Crippen LogP contribution < -0.4 is 0 Å². The number of hydrogen-bond acceptors (Lipinski definition) is 3. The number of allylic oxidation sites excluding steroid dienone is 2. The normalized spacial score (nSPS) is 31.0. The largest absolute Gasteiger partial charge is 0.392 e. The lowest BCUT2D eigenvalue weighted by molar-refractivity contribution is 0.139. The molecule has 3 heteroatoms. The van der Waals surface area contributed by atoms with Gasteiger partial charge < -0.3 is 15.1 Å². The van der Waals surface area contributed by atoms with Crippen molar-refractivity contribution in [2.45, 2.75) is 70.5 Å². The Bertz CT molecular complexity index is 430. The molecule has 0 amide bonds. The molecular weight excluding hydrogens is 298 g/mol. The van der Waals surface area contributed by atoms with Crippen LogP contribution in [-0.2, 0) is 0 Å². The summed E-state index contributed by atoms with van der Waals surface area (Å²) >= 11 is 0. The van der Waals surface area contributed by atoms with Crippen LogP contribution >= 0.6 is 0 Å². The quantitative estimate of drug-likeness (QED) is 0.472. The molecule has 2 aliphatic carbocycles. The summed E-state index contributed by atoms with van der Waals surface area (Å²) < 4.78 is 0. The summed E-state index contributed by atoms with van der Waals surface area (Å²) in [4.78, 5) is 2.25. The van der Waals surface area contributed by atoms with Crippen LogP contribution in [-0.4, -0.2) is 48.0 Å². The second-order valence-corrected chi connectivity index (χ2v) is 8.09. The van der Waals surface area contributed by atoms with Crippen molar-refractivity contribution in [1.29, 1.82) is 0 Å². The van der Waals surface area contributed by atoms with Crippen LogP contribution in [0.15, 0.2) is 23.8 Å². The van der Waals surface area contributed by atoms with Gasteiger partial charge in [-0.05, 0) is 71.0 Å². The van der Waals surface area contributed by atoms with E-state index in [0.29, 0.717) is 11.8 Å². The number of aliphatic hydroxyl groups is 2. The summed E-state index contributed by atoms with van der Waals surface area (Å²) in [7, 11) is 4.27. The average molecular weight is 336 g/mol. The molecule has 0 aromatic heterocycles. The lowest BCUT2D eigenvalue weighted by atomic mass is 9.88. The first kappa shape index (κ1) is 19.7. The lowest BCUT2D eigenvalue weighted by Gasteiger charge is -2.19. The van der Waals surface area contributed by atoms with E-state index in [2.05, 4.69) is 38.1 Å². The predicted molar refractivity (Wildman–Crippen MR) is 101 cm³/mol. The van der Waals surface area contributed by atoms with Gasteiger partial charge in [0, 0.05) is 5.92 Å². The molecule has 2 rings (SSSR count). The van der Waals surface area contributed by atoms with E-state index < -0.39 is 0 Å². The molecule has 0 saturated heterocycles. The van der Waals surface area contributed by atoms with E-state index in [1.165, 1.54) is 32.2 Å². The van der Waals surface area contributed by atoms with Crippen molar-refractivity contribution in [1.82, 2.24) is 4.90 Å². The van der Waals surface area contributed by atoms with Crippen molar-refractivity contribution in [3.63, 3.8) is 0 Å². The van der Waals surface area contributed by atoms with Crippen molar-refractivity contribution in [3.8, 4) is 0 Å². The van der Waals surface area contributed by atoms with Crippen LogP contribution in [0.3, 0.4) is 0 Å². The molecule has 0 bridgehead atoms. The highest BCUT2D eigenvalue weighted by atomic mass is 16.3. The minimum atomic E-state index is -0.355. The number of fused-ring (bicyclic) bond motifs is 1. The molecule has 2 aliphatic rings. The third kappa shape index (κ3) is 5.72. The Kier molecular flexibility index (Phi) is 7.99. The van der Waals surface area contributed by atoms with Crippen LogP contribution in [0, 0.1) is 17.8 Å². The number of nitrogens with zero attached hydrogens (tertiary/aromatic N) is 1. The van der Waals surface area contributed by atoms with Gasteiger partial charge in [0.15, 0.2) is 0 Å². The van der Waals surface area contributed by atoms with E-state index in [4.69, 9.17) is 0 Å². The topological polar surface area (TPSA) is 43.7 Å². The van der Waals surface area contributed by atoms with Gasteiger partial charge in [-0.3, -0.25) is 0 Å². The van der Waals surface area contributed by atoms with E-state index >= 15 is 0 Å². The van der Waals surface area contributed by atoms with Crippen molar-refractivity contribution in [3.05, 3.63) is 23.8 Å². The Balaban J connectivity index is 1.77. The Morgan fingerprint density at radius 3 is 2.79 bits per heavy atom. The van der Waals surface area contributed by atoms with Crippen molar-refractivity contribution >= 4 is 0 Å². The number of aliphatic hydroxyl groups excluding tert-OH is 2. The van der Waals surface area contributed by atoms with E-state index in [0.717, 1.165) is 25.7 Å². The Morgan fingerprint density at radius 1 is 1.29 bits per heavy atom. The van der Waals surface area contributed by atoms with Gasteiger partial charge in [-0.15, -0.1) is 0 Å². The smallest absolute Gasteiger partial charge is 0.0720 e. The highest BCUT2D eigenvalue weighted by molar-refractivity contribution is 5.20. The van der Waals surface area contributed by atoms with Crippen LogP contribution in [0.2, 0.25) is 0 Å². The standard InChI is InChI=1S/C21H37NO2/c1-4-8-18(23)10-11-19-20-14-16(13-17(20)15-21(19)24)9-6-5-7-12-22(2)3/h10-11,13,17-21,23-24H,4-9,12,14-15H2,1-3H3/t17-,18-,19+,20-,21+/m0/s1. The minimum Gasteiger partial charge on any atom is -0.392 e. The first-order valence-electron chi connectivity index (χ1n) is 9.90. The fraction of sp³-hybridized carbons (Fsp3) is 0.810. The maximum absolute atomic E-state index is 10.4. The predicted octanol–water partition coefficient (Wildman–Crippen LogP) is 3.77. The zero-order valence-corrected chi connectivity index (χ0v) is 15.8. The third-order valence-corrected chi connectivity index (χ3v) is 5.69. The summed E-state index contributed by atoms with van der Waals surface area (Å²) in [5, 5.41) is 20.3. The van der Waals surface area contributed by atoms with Crippen molar-refractivity contribution in [2.24, 2.45) is 17.8 Å².